The minimum absolute atomic E-state index is 0.105. The van der Waals surface area contributed by atoms with Gasteiger partial charge in [0.15, 0.2) is 5.65 Å². The second-order valence-corrected chi connectivity index (χ2v) is 7.02. The number of aromatic nitrogens is 3. The number of amides is 1. The third kappa shape index (κ3) is 2.89. The minimum Gasteiger partial charge on any atom is -0.348 e. The van der Waals surface area contributed by atoms with Gasteiger partial charge in [-0.2, -0.15) is 0 Å². The van der Waals surface area contributed by atoms with Crippen molar-refractivity contribution in [2.24, 2.45) is 0 Å². The predicted octanol–water partition coefficient (Wildman–Crippen LogP) is 2.98. The van der Waals surface area contributed by atoms with Crippen molar-refractivity contribution in [2.75, 3.05) is 0 Å². The maximum atomic E-state index is 12.8. The number of carbonyl (C=O) groups excluding carboxylic acids is 1. The quantitative estimate of drug-likeness (QED) is 0.580. The summed E-state index contributed by atoms with van der Waals surface area (Å²) in [6, 6.07) is 21.2. The van der Waals surface area contributed by atoms with E-state index >= 15 is 0 Å². The summed E-state index contributed by atoms with van der Waals surface area (Å²) < 4.78 is 1.29. The van der Waals surface area contributed by atoms with Gasteiger partial charge in [-0.05, 0) is 12.0 Å². The number of hydrogen-bond donors (Lipinski definition) is 2. The summed E-state index contributed by atoms with van der Waals surface area (Å²) in [5, 5.41) is 5.89. The Morgan fingerprint density at radius 3 is 2.54 bits per heavy atom. The van der Waals surface area contributed by atoms with Crippen LogP contribution in [0.15, 0.2) is 77.7 Å². The average Bonchev–Trinajstić information content (AvgIpc) is 3.35. The first-order valence-corrected chi connectivity index (χ1v) is 9.23. The number of aromatic amines is 1. The van der Waals surface area contributed by atoms with Gasteiger partial charge in [-0.3, -0.25) is 14.7 Å². The zero-order chi connectivity index (χ0) is 19.1. The predicted molar refractivity (Wildman–Crippen MR) is 106 cm³/mol. The van der Waals surface area contributed by atoms with Crippen molar-refractivity contribution in [1.29, 1.82) is 0 Å². The Balaban J connectivity index is 1.44. The summed E-state index contributed by atoms with van der Waals surface area (Å²) in [6.07, 6.45) is 2.45. The molecule has 0 bridgehead atoms. The summed E-state index contributed by atoms with van der Waals surface area (Å²) in [5.41, 5.74) is 3.06. The molecule has 1 aliphatic rings. The maximum absolute atomic E-state index is 12.8. The van der Waals surface area contributed by atoms with Gasteiger partial charge in [-0.15, -0.1) is 0 Å². The molecule has 1 amide bonds. The molecule has 2 heterocycles. The lowest BCUT2D eigenvalue weighted by Gasteiger charge is -2.05. The van der Waals surface area contributed by atoms with Crippen molar-refractivity contribution in [3.63, 3.8) is 0 Å². The Hall–Kier alpha value is -3.67. The molecule has 5 rings (SSSR count). The number of rotatable bonds is 4. The van der Waals surface area contributed by atoms with Gasteiger partial charge < -0.3 is 5.32 Å². The van der Waals surface area contributed by atoms with Gasteiger partial charge in [-0.25, -0.2) is 9.50 Å². The molecule has 2 N–H and O–H groups in total. The lowest BCUT2D eigenvalue weighted by Crippen LogP contribution is -2.27. The van der Waals surface area contributed by atoms with E-state index in [-0.39, 0.29) is 17.5 Å². The smallest absolute Gasteiger partial charge is 0.273 e. The number of carbonyl (C=O) groups is 1. The topological polar surface area (TPSA) is 79.3 Å². The third-order valence-electron chi connectivity index (χ3n) is 5.15. The van der Waals surface area contributed by atoms with Gasteiger partial charge in [0, 0.05) is 29.8 Å². The fourth-order valence-corrected chi connectivity index (χ4v) is 3.57. The molecule has 1 aliphatic carbocycles. The monoisotopic (exact) mass is 370 g/mol. The van der Waals surface area contributed by atoms with E-state index < -0.39 is 0 Å². The highest BCUT2D eigenvalue weighted by Crippen LogP contribution is 2.40. The SMILES string of the molecule is O=C(N[C@H]1C[C@@H]1c1ccccc1)c1c[nH]n2c(=O)cc(-c3ccccc3)nc12. The number of nitrogens with zero attached hydrogens (tertiary/aromatic N) is 2. The second kappa shape index (κ2) is 6.49. The lowest BCUT2D eigenvalue weighted by atomic mass is 10.1. The average molecular weight is 370 g/mol. The van der Waals surface area contributed by atoms with Gasteiger partial charge >= 0.3 is 0 Å². The van der Waals surface area contributed by atoms with Crippen molar-refractivity contribution in [1.82, 2.24) is 19.9 Å². The second-order valence-electron chi connectivity index (χ2n) is 7.02. The van der Waals surface area contributed by atoms with Crippen molar-refractivity contribution in [2.45, 2.75) is 18.4 Å². The van der Waals surface area contributed by atoms with E-state index in [0.29, 0.717) is 22.8 Å². The van der Waals surface area contributed by atoms with Crippen LogP contribution in [0.2, 0.25) is 0 Å². The molecular weight excluding hydrogens is 352 g/mol. The van der Waals surface area contributed by atoms with Gasteiger partial charge in [-0.1, -0.05) is 60.7 Å². The van der Waals surface area contributed by atoms with Crippen LogP contribution < -0.4 is 10.9 Å². The minimum atomic E-state index is -0.253. The highest BCUT2D eigenvalue weighted by molar-refractivity contribution is 6.00. The Kier molecular flexibility index (Phi) is 3.83. The zero-order valence-corrected chi connectivity index (χ0v) is 15.0. The van der Waals surface area contributed by atoms with E-state index in [9.17, 15) is 9.59 Å². The molecule has 0 saturated heterocycles. The number of nitrogens with one attached hydrogen (secondary N) is 2. The van der Waals surface area contributed by atoms with Crippen LogP contribution in [0.5, 0.6) is 0 Å². The Bertz CT molecular complexity index is 1210. The fraction of sp³-hybridized carbons (Fsp3) is 0.136. The normalized spacial score (nSPS) is 18.1. The summed E-state index contributed by atoms with van der Waals surface area (Å²) in [4.78, 5) is 29.8. The molecule has 0 aliphatic heterocycles. The van der Waals surface area contributed by atoms with Crippen LogP contribution >= 0.6 is 0 Å². The molecule has 6 nitrogen and oxygen atoms in total. The van der Waals surface area contributed by atoms with Crippen molar-refractivity contribution in [3.05, 3.63) is 94.4 Å². The van der Waals surface area contributed by atoms with Crippen molar-refractivity contribution >= 4 is 11.6 Å². The van der Waals surface area contributed by atoms with E-state index in [1.54, 1.807) is 0 Å². The van der Waals surface area contributed by atoms with E-state index in [1.807, 2.05) is 48.5 Å². The molecule has 1 saturated carbocycles. The molecule has 138 valence electrons. The molecule has 6 heteroatoms. The largest absolute Gasteiger partial charge is 0.348 e. The maximum Gasteiger partial charge on any atom is 0.273 e. The Morgan fingerprint density at radius 1 is 1.07 bits per heavy atom. The first-order valence-electron chi connectivity index (χ1n) is 9.23. The Morgan fingerprint density at radius 2 is 1.79 bits per heavy atom. The van der Waals surface area contributed by atoms with Gasteiger partial charge in [0.2, 0.25) is 0 Å². The van der Waals surface area contributed by atoms with E-state index in [4.69, 9.17) is 0 Å². The zero-order valence-electron chi connectivity index (χ0n) is 15.0. The molecule has 0 unspecified atom stereocenters. The van der Waals surface area contributed by atoms with Crippen LogP contribution in [-0.4, -0.2) is 26.5 Å². The number of benzene rings is 2. The number of H-pyrrole nitrogens is 1. The molecule has 0 radical (unpaired) electrons. The molecule has 1 fully saturated rings. The molecule has 4 aromatic rings. The van der Waals surface area contributed by atoms with Crippen molar-refractivity contribution in [3.8, 4) is 11.3 Å². The van der Waals surface area contributed by atoms with Crippen LogP contribution in [0.1, 0.15) is 28.3 Å². The standard InChI is InChI=1S/C22H18N4O2/c27-20-12-18(15-9-5-2-6-10-15)24-21-17(13-23-26(20)21)22(28)25-19-11-16(19)14-7-3-1-4-8-14/h1-10,12-13,16,19,23H,11H2,(H,25,28)/t16-,19+/m1/s1. The first-order chi connectivity index (χ1) is 13.7. The van der Waals surface area contributed by atoms with Gasteiger partial charge in [0.05, 0.1) is 5.69 Å². The fourth-order valence-electron chi connectivity index (χ4n) is 3.57. The summed E-state index contributed by atoms with van der Waals surface area (Å²) >= 11 is 0. The van der Waals surface area contributed by atoms with Crippen LogP contribution in [0.3, 0.4) is 0 Å². The number of fused-ring (bicyclic) bond motifs is 1. The van der Waals surface area contributed by atoms with Gasteiger partial charge in [0.25, 0.3) is 11.5 Å². The summed E-state index contributed by atoms with van der Waals surface area (Å²) in [5.74, 6) is 0.116. The molecule has 0 spiro atoms. The van der Waals surface area contributed by atoms with Gasteiger partial charge in [0.1, 0.15) is 5.56 Å². The Labute approximate surface area is 160 Å². The molecule has 2 atom stereocenters. The third-order valence-corrected chi connectivity index (χ3v) is 5.15. The number of hydrogen-bond acceptors (Lipinski definition) is 3. The van der Waals surface area contributed by atoms with E-state index in [0.717, 1.165) is 12.0 Å². The highest BCUT2D eigenvalue weighted by atomic mass is 16.2. The van der Waals surface area contributed by atoms with Crippen LogP contribution in [-0.2, 0) is 0 Å². The summed E-state index contributed by atoms with van der Waals surface area (Å²) in [7, 11) is 0. The van der Waals surface area contributed by atoms with E-state index in [1.165, 1.54) is 22.3 Å². The lowest BCUT2D eigenvalue weighted by molar-refractivity contribution is 0.0951. The van der Waals surface area contributed by atoms with Crippen LogP contribution in [0.4, 0.5) is 0 Å². The molecule has 28 heavy (non-hydrogen) atoms. The molecular formula is C22H18N4O2. The van der Waals surface area contributed by atoms with Crippen LogP contribution in [0, 0.1) is 0 Å². The first kappa shape index (κ1) is 16.5. The molecule has 2 aromatic carbocycles. The van der Waals surface area contributed by atoms with E-state index in [2.05, 4.69) is 27.5 Å². The summed E-state index contributed by atoms with van der Waals surface area (Å²) in [6.45, 7) is 0. The highest BCUT2D eigenvalue weighted by Gasteiger charge is 2.39. The molecule has 2 aromatic heterocycles. The van der Waals surface area contributed by atoms with Crippen molar-refractivity contribution < 1.29 is 4.79 Å². The van der Waals surface area contributed by atoms with Crippen LogP contribution in [0.25, 0.3) is 16.9 Å².